The van der Waals surface area contributed by atoms with Crippen LogP contribution >= 0.6 is 11.3 Å². The molecule has 2 N–H and O–H groups in total. The molecule has 2 fully saturated rings. The molecule has 1 aromatic carbocycles. The first kappa shape index (κ1) is 22.8. The predicted octanol–water partition coefficient (Wildman–Crippen LogP) is 3.15. The van der Waals surface area contributed by atoms with Crippen molar-refractivity contribution in [3.05, 3.63) is 56.8 Å². The number of carbonyl (C=O) groups is 4. The molecule has 178 valence electrons. The van der Waals surface area contributed by atoms with Crippen molar-refractivity contribution in [2.24, 2.45) is 0 Å². The van der Waals surface area contributed by atoms with E-state index in [1.54, 1.807) is 4.90 Å². The van der Waals surface area contributed by atoms with E-state index in [-0.39, 0.29) is 29.6 Å². The SMILES string of the molecule is CC(C)(C)c1ccc(C2(C(=O)NCc3scc4c3CN(C3CCC(=O)NC3=O)C4=O)CC2)cc1. The van der Waals surface area contributed by atoms with Crippen LogP contribution in [0.25, 0.3) is 0 Å². The normalized spacial score (nSPS) is 21.3. The minimum absolute atomic E-state index is 0.0181. The molecule has 3 aliphatic rings. The predicted molar refractivity (Wildman–Crippen MR) is 128 cm³/mol. The Balaban J connectivity index is 1.26. The molecule has 0 radical (unpaired) electrons. The Labute approximate surface area is 202 Å². The van der Waals surface area contributed by atoms with Crippen LogP contribution in [0.4, 0.5) is 0 Å². The van der Waals surface area contributed by atoms with E-state index in [4.69, 9.17) is 0 Å². The molecule has 1 aliphatic carbocycles. The summed E-state index contributed by atoms with van der Waals surface area (Å²) in [5.74, 6) is -0.880. The van der Waals surface area contributed by atoms with Crippen LogP contribution in [0.15, 0.2) is 29.6 Å². The summed E-state index contributed by atoms with van der Waals surface area (Å²) >= 11 is 1.46. The third-order valence-electron chi connectivity index (χ3n) is 7.28. The second-order valence-corrected chi connectivity index (χ2v) is 11.5. The van der Waals surface area contributed by atoms with Gasteiger partial charge in [-0.2, -0.15) is 0 Å². The lowest BCUT2D eigenvalue weighted by Gasteiger charge is -2.29. The van der Waals surface area contributed by atoms with Gasteiger partial charge in [0.2, 0.25) is 17.7 Å². The summed E-state index contributed by atoms with van der Waals surface area (Å²) in [6.45, 7) is 7.21. The summed E-state index contributed by atoms with van der Waals surface area (Å²) in [5, 5.41) is 7.24. The van der Waals surface area contributed by atoms with E-state index in [9.17, 15) is 19.2 Å². The number of imide groups is 1. The van der Waals surface area contributed by atoms with Gasteiger partial charge in [-0.25, -0.2) is 0 Å². The number of nitrogens with zero attached hydrogens (tertiary/aromatic N) is 1. The van der Waals surface area contributed by atoms with Gasteiger partial charge < -0.3 is 10.2 Å². The molecule has 1 aromatic heterocycles. The maximum absolute atomic E-state index is 13.2. The largest absolute Gasteiger partial charge is 0.350 e. The van der Waals surface area contributed by atoms with Crippen molar-refractivity contribution in [1.82, 2.24) is 15.5 Å². The molecule has 3 heterocycles. The van der Waals surface area contributed by atoms with Crippen LogP contribution in [0.1, 0.15) is 78.4 Å². The number of hydrogen-bond donors (Lipinski definition) is 2. The lowest BCUT2D eigenvalue weighted by molar-refractivity contribution is -0.137. The second-order valence-electron chi connectivity index (χ2n) is 10.5. The lowest BCUT2D eigenvalue weighted by atomic mass is 9.85. The standard InChI is InChI=1S/C26H29N3O4S/c1-25(2,3)15-4-6-16(7-5-15)26(10-11-26)24(33)27-12-20-17-13-29(23(32)18(17)14-34-20)19-8-9-21(30)28-22(19)31/h4-7,14,19H,8-13H2,1-3H3,(H,27,33)(H,28,30,31). The van der Waals surface area contributed by atoms with E-state index in [0.29, 0.717) is 25.1 Å². The first-order chi connectivity index (χ1) is 16.1. The highest BCUT2D eigenvalue weighted by Crippen LogP contribution is 2.49. The quantitative estimate of drug-likeness (QED) is 0.644. The van der Waals surface area contributed by atoms with E-state index >= 15 is 0 Å². The van der Waals surface area contributed by atoms with Gasteiger partial charge in [-0.15, -0.1) is 11.3 Å². The summed E-state index contributed by atoms with van der Waals surface area (Å²) < 4.78 is 0. The minimum Gasteiger partial charge on any atom is -0.350 e. The summed E-state index contributed by atoms with van der Waals surface area (Å²) in [5.41, 5.74) is 3.36. The highest BCUT2D eigenvalue weighted by atomic mass is 32.1. The molecular weight excluding hydrogens is 450 g/mol. The third-order valence-corrected chi connectivity index (χ3v) is 8.31. The average molecular weight is 480 g/mol. The Hall–Kier alpha value is -3.00. The Kier molecular flexibility index (Phi) is 5.39. The molecule has 7 nitrogen and oxygen atoms in total. The summed E-state index contributed by atoms with van der Waals surface area (Å²) in [6.07, 6.45) is 2.23. The Morgan fingerprint density at radius 3 is 2.50 bits per heavy atom. The molecule has 0 bridgehead atoms. The zero-order chi connectivity index (χ0) is 24.3. The van der Waals surface area contributed by atoms with Crippen molar-refractivity contribution in [2.75, 3.05) is 0 Å². The van der Waals surface area contributed by atoms with E-state index in [0.717, 1.165) is 28.8 Å². The molecular formula is C26H29N3O4S. The van der Waals surface area contributed by atoms with Crippen molar-refractivity contribution in [2.45, 2.75) is 76.4 Å². The summed E-state index contributed by atoms with van der Waals surface area (Å²) in [6, 6.07) is 7.75. The first-order valence-corrected chi connectivity index (χ1v) is 12.6. The van der Waals surface area contributed by atoms with E-state index in [2.05, 4.69) is 55.7 Å². The van der Waals surface area contributed by atoms with Gasteiger partial charge in [0.05, 0.1) is 17.5 Å². The summed E-state index contributed by atoms with van der Waals surface area (Å²) in [4.78, 5) is 52.3. The van der Waals surface area contributed by atoms with Crippen LogP contribution in [0, 0.1) is 0 Å². The first-order valence-electron chi connectivity index (χ1n) is 11.7. The van der Waals surface area contributed by atoms with Gasteiger partial charge >= 0.3 is 0 Å². The number of piperidine rings is 1. The molecule has 5 rings (SSSR count). The smallest absolute Gasteiger partial charge is 0.256 e. The molecule has 1 unspecified atom stereocenters. The number of nitrogens with one attached hydrogen (secondary N) is 2. The number of hydrogen-bond acceptors (Lipinski definition) is 5. The highest BCUT2D eigenvalue weighted by Gasteiger charge is 2.51. The molecule has 2 aromatic rings. The maximum Gasteiger partial charge on any atom is 0.256 e. The number of fused-ring (bicyclic) bond motifs is 1. The van der Waals surface area contributed by atoms with E-state index in [1.807, 2.05) is 5.38 Å². The van der Waals surface area contributed by atoms with Crippen LogP contribution in [0.3, 0.4) is 0 Å². The van der Waals surface area contributed by atoms with Crippen molar-refractivity contribution in [3.63, 3.8) is 0 Å². The number of rotatable bonds is 5. The van der Waals surface area contributed by atoms with Gasteiger partial charge in [-0.1, -0.05) is 45.0 Å². The molecule has 1 saturated heterocycles. The van der Waals surface area contributed by atoms with Gasteiger partial charge in [-0.05, 0) is 41.4 Å². The zero-order valence-electron chi connectivity index (χ0n) is 19.7. The van der Waals surface area contributed by atoms with Gasteiger partial charge in [0.1, 0.15) is 6.04 Å². The lowest BCUT2D eigenvalue weighted by Crippen LogP contribution is -2.52. The fourth-order valence-electron chi connectivity index (χ4n) is 4.94. The molecule has 8 heteroatoms. The second kappa shape index (κ2) is 8.05. The number of benzene rings is 1. The van der Waals surface area contributed by atoms with Crippen molar-refractivity contribution in [1.29, 1.82) is 0 Å². The fraction of sp³-hybridized carbons (Fsp3) is 0.462. The summed E-state index contributed by atoms with van der Waals surface area (Å²) in [7, 11) is 0. The van der Waals surface area contributed by atoms with Gasteiger partial charge in [-0.3, -0.25) is 24.5 Å². The number of amides is 4. The zero-order valence-corrected chi connectivity index (χ0v) is 20.5. The monoisotopic (exact) mass is 479 g/mol. The molecule has 1 atom stereocenters. The Bertz CT molecular complexity index is 1190. The van der Waals surface area contributed by atoms with Crippen molar-refractivity contribution in [3.8, 4) is 0 Å². The Morgan fingerprint density at radius 2 is 1.88 bits per heavy atom. The molecule has 4 amide bonds. The van der Waals surface area contributed by atoms with Crippen molar-refractivity contribution >= 4 is 35.0 Å². The molecule has 34 heavy (non-hydrogen) atoms. The highest BCUT2D eigenvalue weighted by molar-refractivity contribution is 7.10. The average Bonchev–Trinajstić information content (AvgIpc) is 3.41. The maximum atomic E-state index is 13.2. The topological polar surface area (TPSA) is 95.6 Å². The van der Waals surface area contributed by atoms with E-state index < -0.39 is 17.4 Å². The van der Waals surface area contributed by atoms with Crippen molar-refractivity contribution < 1.29 is 19.2 Å². The van der Waals surface area contributed by atoms with E-state index in [1.165, 1.54) is 16.9 Å². The van der Waals surface area contributed by atoms with Gasteiger partial charge in [0, 0.05) is 23.2 Å². The van der Waals surface area contributed by atoms with Gasteiger partial charge in [0.25, 0.3) is 5.91 Å². The molecule has 1 saturated carbocycles. The van der Waals surface area contributed by atoms with Crippen LogP contribution in [0.2, 0.25) is 0 Å². The van der Waals surface area contributed by atoms with Crippen LogP contribution in [-0.4, -0.2) is 34.6 Å². The fourth-order valence-corrected chi connectivity index (χ4v) is 5.92. The molecule has 0 spiro atoms. The van der Waals surface area contributed by atoms with Gasteiger partial charge in [0.15, 0.2) is 0 Å². The minimum atomic E-state index is -0.629. The number of carbonyl (C=O) groups excluding carboxylic acids is 4. The van der Waals surface area contributed by atoms with Crippen LogP contribution < -0.4 is 10.6 Å². The number of thiophene rings is 1. The van der Waals surface area contributed by atoms with Crippen LogP contribution in [0.5, 0.6) is 0 Å². The Morgan fingerprint density at radius 1 is 1.18 bits per heavy atom. The van der Waals surface area contributed by atoms with Crippen LogP contribution in [-0.2, 0) is 38.3 Å². The third kappa shape index (κ3) is 3.83. The molecule has 2 aliphatic heterocycles.